The standard InChI is InChI=1S/C18H26N4O/c1-23-17-6-10-21(11-7-17)16-4-8-22(9-5-16)18-3-2-15(20)12-14(18)13-19/h2-3,12,16-17H,4-11,20H2,1H3. The summed E-state index contributed by atoms with van der Waals surface area (Å²) in [5.41, 5.74) is 8.15. The number of nitrogen functional groups attached to an aromatic ring is 1. The molecule has 0 aliphatic carbocycles. The Bertz CT molecular complexity index is 567. The summed E-state index contributed by atoms with van der Waals surface area (Å²) in [5, 5.41) is 9.33. The van der Waals surface area contributed by atoms with E-state index in [1.807, 2.05) is 19.2 Å². The van der Waals surface area contributed by atoms with Crippen LogP contribution in [0.15, 0.2) is 18.2 Å². The van der Waals surface area contributed by atoms with E-state index in [1.54, 1.807) is 6.07 Å². The molecule has 0 aromatic heterocycles. The van der Waals surface area contributed by atoms with E-state index in [0.717, 1.165) is 57.5 Å². The van der Waals surface area contributed by atoms with Gasteiger partial charge in [0.25, 0.3) is 0 Å². The third-order valence-corrected chi connectivity index (χ3v) is 5.27. The summed E-state index contributed by atoms with van der Waals surface area (Å²) in [5.74, 6) is 0. The Balaban J connectivity index is 1.58. The van der Waals surface area contributed by atoms with Gasteiger partial charge in [-0.15, -0.1) is 0 Å². The van der Waals surface area contributed by atoms with Gasteiger partial charge in [-0.2, -0.15) is 5.26 Å². The van der Waals surface area contributed by atoms with E-state index in [9.17, 15) is 5.26 Å². The molecule has 2 aliphatic heterocycles. The van der Waals surface area contributed by atoms with Gasteiger partial charge in [0.2, 0.25) is 0 Å². The van der Waals surface area contributed by atoms with E-state index >= 15 is 0 Å². The number of hydrogen-bond donors (Lipinski definition) is 1. The highest BCUT2D eigenvalue weighted by Gasteiger charge is 2.28. The molecule has 3 rings (SSSR count). The molecular weight excluding hydrogens is 288 g/mol. The maximum absolute atomic E-state index is 9.33. The molecule has 0 saturated carbocycles. The molecule has 0 atom stereocenters. The van der Waals surface area contributed by atoms with Gasteiger partial charge in [0.05, 0.1) is 17.4 Å². The minimum absolute atomic E-state index is 0.444. The molecule has 0 amide bonds. The number of nitrogens with zero attached hydrogens (tertiary/aromatic N) is 3. The highest BCUT2D eigenvalue weighted by Crippen LogP contribution is 2.28. The summed E-state index contributed by atoms with van der Waals surface area (Å²) in [4.78, 5) is 4.96. The van der Waals surface area contributed by atoms with Crippen molar-refractivity contribution in [2.75, 3.05) is 43.9 Å². The van der Waals surface area contributed by atoms with E-state index in [0.29, 0.717) is 23.4 Å². The lowest BCUT2D eigenvalue weighted by Gasteiger charge is -2.42. The van der Waals surface area contributed by atoms with Crippen LogP contribution in [0.4, 0.5) is 11.4 Å². The van der Waals surface area contributed by atoms with Crippen molar-refractivity contribution in [2.45, 2.75) is 37.8 Å². The molecular formula is C18H26N4O. The summed E-state index contributed by atoms with van der Waals surface area (Å²) in [6.07, 6.45) is 5.06. The van der Waals surface area contributed by atoms with Crippen LogP contribution < -0.4 is 10.6 Å². The van der Waals surface area contributed by atoms with Crippen LogP contribution in [0.5, 0.6) is 0 Å². The van der Waals surface area contributed by atoms with Crippen molar-refractivity contribution in [3.05, 3.63) is 23.8 Å². The lowest BCUT2D eigenvalue weighted by Crippen LogP contribution is -2.48. The second-order valence-electron chi connectivity index (χ2n) is 6.58. The Morgan fingerprint density at radius 3 is 2.43 bits per heavy atom. The average Bonchev–Trinajstić information content (AvgIpc) is 2.62. The second kappa shape index (κ2) is 7.20. The quantitative estimate of drug-likeness (QED) is 0.867. The SMILES string of the molecule is COC1CCN(C2CCN(c3ccc(N)cc3C#N)CC2)CC1. The zero-order valence-electron chi connectivity index (χ0n) is 13.9. The maximum Gasteiger partial charge on any atom is 0.101 e. The molecule has 5 nitrogen and oxygen atoms in total. The number of benzene rings is 1. The smallest absolute Gasteiger partial charge is 0.101 e. The summed E-state index contributed by atoms with van der Waals surface area (Å²) in [6.45, 7) is 4.31. The molecule has 2 heterocycles. The number of ether oxygens (including phenoxy) is 1. The van der Waals surface area contributed by atoms with Crippen LogP contribution in [-0.2, 0) is 4.74 Å². The molecule has 2 aliphatic rings. The van der Waals surface area contributed by atoms with Crippen molar-refractivity contribution >= 4 is 11.4 Å². The third-order valence-electron chi connectivity index (χ3n) is 5.27. The number of piperidine rings is 2. The summed E-state index contributed by atoms with van der Waals surface area (Å²) in [7, 11) is 1.82. The maximum atomic E-state index is 9.33. The van der Waals surface area contributed by atoms with Crippen molar-refractivity contribution < 1.29 is 4.74 Å². The minimum atomic E-state index is 0.444. The Hall–Kier alpha value is -1.77. The highest BCUT2D eigenvalue weighted by atomic mass is 16.5. The van der Waals surface area contributed by atoms with Crippen LogP contribution >= 0.6 is 0 Å². The van der Waals surface area contributed by atoms with Crippen LogP contribution in [-0.4, -0.2) is 50.3 Å². The van der Waals surface area contributed by atoms with Gasteiger partial charge in [0.1, 0.15) is 6.07 Å². The van der Waals surface area contributed by atoms with Crippen LogP contribution in [0.25, 0.3) is 0 Å². The molecule has 0 spiro atoms. The van der Waals surface area contributed by atoms with Gasteiger partial charge >= 0.3 is 0 Å². The van der Waals surface area contributed by atoms with Gasteiger partial charge in [-0.1, -0.05) is 0 Å². The van der Waals surface area contributed by atoms with Crippen LogP contribution in [0.1, 0.15) is 31.2 Å². The minimum Gasteiger partial charge on any atom is -0.399 e. The van der Waals surface area contributed by atoms with Crippen molar-refractivity contribution in [1.82, 2.24) is 4.90 Å². The Labute approximate surface area is 138 Å². The highest BCUT2D eigenvalue weighted by molar-refractivity contribution is 5.64. The molecule has 2 fully saturated rings. The molecule has 23 heavy (non-hydrogen) atoms. The van der Waals surface area contributed by atoms with Gasteiger partial charge in [-0.25, -0.2) is 0 Å². The number of nitrogens with two attached hydrogens (primary N) is 1. The average molecular weight is 314 g/mol. The van der Waals surface area contributed by atoms with E-state index in [2.05, 4.69) is 15.9 Å². The fraction of sp³-hybridized carbons (Fsp3) is 0.611. The Kier molecular flexibility index (Phi) is 5.04. The van der Waals surface area contributed by atoms with Crippen LogP contribution in [0.2, 0.25) is 0 Å². The zero-order valence-corrected chi connectivity index (χ0v) is 13.9. The largest absolute Gasteiger partial charge is 0.399 e. The van der Waals surface area contributed by atoms with Gasteiger partial charge < -0.3 is 20.3 Å². The molecule has 1 aromatic carbocycles. The number of nitriles is 1. The van der Waals surface area contributed by atoms with Gasteiger partial charge in [0, 0.05) is 45.0 Å². The molecule has 1 aromatic rings. The predicted octanol–water partition coefficient (Wildman–Crippen LogP) is 2.22. The number of hydrogen-bond acceptors (Lipinski definition) is 5. The zero-order chi connectivity index (χ0) is 16.2. The first-order valence-electron chi connectivity index (χ1n) is 8.52. The van der Waals surface area contributed by atoms with E-state index in [1.165, 1.54) is 0 Å². The van der Waals surface area contributed by atoms with Gasteiger partial charge in [0.15, 0.2) is 0 Å². The first-order chi connectivity index (χ1) is 11.2. The molecule has 124 valence electrons. The molecule has 0 bridgehead atoms. The van der Waals surface area contributed by atoms with Crippen molar-refractivity contribution in [1.29, 1.82) is 5.26 Å². The van der Waals surface area contributed by atoms with E-state index in [-0.39, 0.29) is 0 Å². The fourth-order valence-electron chi connectivity index (χ4n) is 3.87. The monoisotopic (exact) mass is 314 g/mol. The first-order valence-corrected chi connectivity index (χ1v) is 8.52. The fourth-order valence-corrected chi connectivity index (χ4v) is 3.87. The lowest BCUT2D eigenvalue weighted by molar-refractivity contribution is 0.0233. The van der Waals surface area contributed by atoms with Gasteiger partial charge in [-0.3, -0.25) is 0 Å². The topological polar surface area (TPSA) is 65.5 Å². The molecule has 0 unspecified atom stereocenters. The molecule has 0 radical (unpaired) electrons. The number of rotatable bonds is 3. The van der Waals surface area contributed by atoms with Gasteiger partial charge in [-0.05, 0) is 43.9 Å². The van der Waals surface area contributed by atoms with Crippen molar-refractivity contribution in [3.8, 4) is 6.07 Å². The number of likely N-dealkylation sites (tertiary alicyclic amines) is 1. The van der Waals surface area contributed by atoms with E-state index in [4.69, 9.17) is 10.5 Å². The molecule has 5 heteroatoms. The first kappa shape index (κ1) is 16.1. The number of anilines is 2. The van der Waals surface area contributed by atoms with E-state index < -0.39 is 0 Å². The molecule has 2 saturated heterocycles. The van der Waals surface area contributed by atoms with Crippen molar-refractivity contribution in [3.63, 3.8) is 0 Å². The lowest BCUT2D eigenvalue weighted by atomic mass is 9.98. The third kappa shape index (κ3) is 3.60. The normalized spacial score (nSPS) is 21.3. The van der Waals surface area contributed by atoms with Crippen molar-refractivity contribution in [2.24, 2.45) is 0 Å². The predicted molar refractivity (Wildman–Crippen MR) is 92.4 cm³/mol. The Morgan fingerprint density at radius 2 is 1.83 bits per heavy atom. The summed E-state index contributed by atoms with van der Waals surface area (Å²) < 4.78 is 5.46. The summed E-state index contributed by atoms with van der Waals surface area (Å²) >= 11 is 0. The van der Waals surface area contributed by atoms with Crippen LogP contribution in [0, 0.1) is 11.3 Å². The second-order valence-corrected chi connectivity index (χ2v) is 6.58. The van der Waals surface area contributed by atoms with Crippen LogP contribution in [0.3, 0.4) is 0 Å². The summed E-state index contributed by atoms with van der Waals surface area (Å²) in [6, 6.07) is 8.59. The molecule has 2 N–H and O–H groups in total. The number of methoxy groups -OCH3 is 1. The Morgan fingerprint density at radius 1 is 1.13 bits per heavy atom.